The Bertz CT molecular complexity index is 1400. The van der Waals surface area contributed by atoms with Gasteiger partial charge >= 0.3 is 0 Å². The van der Waals surface area contributed by atoms with Crippen LogP contribution in [0.3, 0.4) is 0 Å². The molecule has 37 heavy (non-hydrogen) atoms. The van der Waals surface area contributed by atoms with E-state index in [1.165, 1.54) is 30.3 Å². The molecule has 0 aliphatic rings. The van der Waals surface area contributed by atoms with Crippen molar-refractivity contribution in [2.75, 3.05) is 23.8 Å². The highest BCUT2D eigenvalue weighted by Gasteiger charge is 2.17. The molecule has 0 unspecified atom stereocenters. The molecule has 190 valence electrons. The molecule has 2 amide bonds. The second-order valence-electron chi connectivity index (χ2n) is 8.02. The molecule has 0 aliphatic carbocycles. The zero-order valence-electron chi connectivity index (χ0n) is 20.5. The number of nitrogens with one attached hydrogen (secondary N) is 2. The molecule has 0 aromatic heterocycles. The number of hydrogen-bond donors (Lipinski definition) is 2. The van der Waals surface area contributed by atoms with Gasteiger partial charge in [0.25, 0.3) is 11.8 Å². The van der Waals surface area contributed by atoms with Crippen LogP contribution in [0.4, 0.5) is 15.8 Å². The van der Waals surface area contributed by atoms with Crippen molar-refractivity contribution in [1.29, 1.82) is 5.26 Å². The number of halogens is 2. The topological polar surface area (TPSA) is 100 Å². The summed E-state index contributed by atoms with van der Waals surface area (Å²) in [6.07, 6.45) is 1.38. The predicted octanol–water partition coefficient (Wildman–Crippen LogP) is 6.06. The first-order valence-electron chi connectivity index (χ1n) is 11.4. The van der Waals surface area contributed by atoms with Crippen molar-refractivity contribution >= 4 is 40.9 Å². The van der Waals surface area contributed by atoms with E-state index in [9.17, 15) is 19.2 Å². The number of hydrogen-bond acceptors (Lipinski definition) is 5. The van der Waals surface area contributed by atoms with Crippen molar-refractivity contribution < 1.29 is 23.5 Å². The van der Waals surface area contributed by atoms with Crippen LogP contribution in [0, 0.1) is 31.0 Å². The quantitative estimate of drug-likeness (QED) is 0.263. The SMILES string of the molecule is CCOc1cc(/C=C(\C#N)C(=O)Nc2ccc(C)cc2C)cc(Cl)c1OCC(=O)Nc1ccccc1F. The fourth-order valence-corrected chi connectivity index (χ4v) is 3.69. The summed E-state index contributed by atoms with van der Waals surface area (Å²) in [4.78, 5) is 25.0. The van der Waals surface area contributed by atoms with Crippen molar-refractivity contribution in [3.8, 4) is 17.6 Å². The Morgan fingerprint density at radius 3 is 2.49 bits per heavy atom. The molecule has 0 spiro atoms. The molecule has 0 atom stereocenters. The maximum absolute atomic E-state index is 13.8. The van der Waals surface area contributed by atoms with Gasteiger partial charge in [0.1, 0.15) is 17.5 Å². The zero-order valence-corrected chi connectivity index (χ0v) is 21.3. The van der Waals surface area contributed by atoms with Crippen molar-refractivity contribution in [2.45, 2.75) is 20.8 Å². The van der Waals surface area contributed by atoms with Gasteiger partial charge in [0.05, 0.1) is 17.3 Å². The predicted molar refractivity (Wildman–Crippen MR) is 141 cm³/mol. The fourth-order valence-electron chi connectivity index (χ4n) is 3.42. The Morgan fingerprint density at radius 1 is 1.05 bits per heavy atom. The minimum absolute atomic E-state index is 0.0239. The van der Waals surface area contributed by atoms with Gasteiger partial charge in [0.2, 0.25) is 0 Å². The van der Waals surface area contributed by atoms with Gasteiger partial charge in [-0.05, 0) is 68.3 Å². The van der Waals surface area contributed by atoms with E-state index >= 15 is 0 Å². The van der Waals surface area contributed by atoms with Gasteiger partial charge in [0, 0.05) is 5.69 Å². The summed E-state index contributed by atoms with van der Waals surface area (Å²) in [5, 5.41) is 14.9. The van der Waals surface area contributed by atoms with E-state index < -0.39 is 24.2 Å². The first kappa shape index (κ1) is 27.2. The van der Waals surface area contributed by atoms with Crippen molar-refractivity contribution in [3.63, 3.8) is 0 Å². The number of aryl methyl sites for hydroxylation is 2. The molecule has 9 heteroatoms. The van der Waals surface area contributed by atoms with Gasteiger partial charge in [-0.15, -0.1) is 0 Å². The average molecular weight is 522 g/mol. The minimum atomic E-state index is -0.595. The number of nitrogens with zero attached hydrogens (tertiary/aromatic N) is 1. The third-order valence-corrected chi connectivity index (χ3v) is 5.41. The molecule has 7 nitrogen and oxygen atoms in total. The van der Waals surface area contributed by atoms with Gasteiger partial charge in [0.15, 0.2) is 18.1 Å². The molecule has 3 rings (SSSR count). The normalized spacial score (nSPS) is 10.9. The van der Waals surface area contributed by atoms with E-state index in [0.29, 0.717) is 11.3 Å². The molecule has 0 saturated carbocycles. The second-order valence-corrected chi connectivity index (χ2v) is 8.43. The first-order valence-corrected chi connectivity index (χ1v) is 11.7. The van der Waals surface area contributed by atoms with Crippen LogP contribution in [0.2, 0.25) is 5.02 Å². The van der Waals surface area contributed by atoms with Crippen LogP contribution >= 0.6 is 11.6 Å². The van der Waals surface area contributed by atoms with E-state index in [4.69, 9.17) is 21.1 Å². The first-order chi connectivity index (χ1) is 17.7. The lowest BCUT2D eigenvalue weighted by Gasteiger charge is -2.15. The molecular formula is C28H25ClFN3O4. The number of ether oxygens (including phenoxy) is 2. The van der Waals surface area contributed by atoms with Gasteiger partial charge < -0.3 is 20.1 Å². The van der Waals surface area contributed by atoms with Crippen LogP contribution < -0.4 is 20.1 Å². The van der Waals surface area contributed by atoms with Crippen LogP contribution in [-0.2, 0) is 9.59 Å². The maximum Gasteiger partial charge on any atom is 0.266 e. The summed E-state index contributed by atoms with van der Waals surface area (Å²) in [5.41, 5.74) is 2.82. The highest BCUT2D eigenvalue weighted by Crippen LogP contribution is 2.37. The highest BCUT2D eigenvalue weighted by atomic mass is 35.5. The maximum atomic E-state index is 13.8. The van der Waals surface area contributed by atoms with Crippen molar-refractivity contribution in [2.24, 2.45) is 0 Å². The van der Waals surface area contributed by atoms with Gasteiger partial charge in [-0.25, -0.2) is 4.39 Å². The molecule has 0 fully saturated rings. The van der Waals surface area contributed by atoms with Crippen LogP contribution in [0.25, 0.3) is 6.08 Å². The van der Waals surface area contributed by atoms with E-state index in [-0.39, 0.29) is 34.4 Å². The Morgan fingerprint density at radius 2 is 1.81 bits per heavy atom. The third kappa shape index (κ3) is 7.32. The number of carbonyl (C=O) groups is 2. The van der Waals surface area contributed by atoms with Crippen LogP contribution in [0.15, 0.2) is 60.2 Å². The Balaban J connectivity index is 1.79. The molecule has 2 N–H and O–H groups in total. The summed E-state index contributed by atoms with van der Waals surface area (Å²) >= 11 is 6.40. The number of benzene rings is 3. The third-order valence-electron chi connectivity index (χ3n) is 5.13. The van der Waals surface area contributed by atoms with Crippen LogP contribution in [0.1, 0.15) is 23.6 Å². The molecule has 3 aromatic carbocycles. The van der Waals surface area contributed by atoms with Crippen molar-refractivity contribution in [3.05, 3.63) is 87.7 Å². The Labute approximate surface area is 219 Å². The summed E-state index contributed by atoms with van der Waals surface area (Å²) in [7, 11) is 0. The molecule has 0 heterocycles. The number of rotatable bonds is 9. The number of amides is 2. The van der Waals surface area contributed by atoms with E-state index in [2.05, 4.69) is 10.6 Å². The van der Waals surface area contributed by atoms with Crippen LogP contribution in [-0.4, -0.2) is 25.0 Å². The number of nitriles is 1. The lowest BCUT2D eigenvalue weighted by molar-refractivity contribution is -0.118. The lowest BCUT2D eigenvalue weighted by Crippen LogP contribution is -2.21. The van der Waals surface area contributed by atoms with E-state index in [0.717, 1.165) is 11.1 Å². The molecule has 0 aliphatic heterocycles. The molecule has 0 bridgehead atoms. The van der Waals surface area contributed by atoms with Crippen molar-refractivity contribution in [1.82, 2.24) is 0 Å². The lowest BCUT2D eigenvalue weighted by atomic mass is 10.1. The second kappa shape index (κ2) is 12.6. The van der Waals surface area contributed by atoms with Crippen LogP contribution in [0.5, 0.6) is 11.5 Å². The summed E-state index contributed by atoms with van der Waals surface area (Å²) in [5.74, 6) is -1.43. The standard InChI is InChI=1S/C28H25ClFN3O4/c1-4-36-25-14-19(12-20(15-31)28(35)33-23-10-9-17(2)11-18(23)3)13-21(29)27(25)37-16-26(34)32-24-8-6-5-7-22(24)30/h5-14H,4,16H2,1-3H3,(H,32,34)(H,33,35)/b20-12+. The number of anilines is 2. The summed E-state index contributed by atoms with van der Waals surface area (Å²) < 4.78 is 25.0. The van der Waals surface area contributed by atoms with Gasteiger partial charge in [-0.1, -0.05) is 41.4 Å². The van der Waals surface area contributed by atoms with E-state index in [1.807, 2.05) is 32.0 Å². The monoisotopic (exact) mass is 521 g/mol. The zero-order chi connectivity index (χ0) is 26.9. The number of para-hydroxylation sites is 1. The molecule has 0 radical (unpaired) electrons. The molecular weight excluding hydrogens is 497 g/mol. The van der Waals surface area contributed by atoms with E-state index in [1.54, 1.807) is 25.1 Å². The smallest absolute Gasteiger partial charge is 0.266 e. The van der Waals surface area contributed by atoms with Gasteiger partial charge in [-0.2, -0.15) is 5.26 Å². The fraction of sp³-hybridized carbons (Fsp3) is 0.179. The molecule has 0 saturated heterocycles. The Hall–Kier alpha value is -4.35. The largest absolute Gasteiger partial charge is 0.490 e. The average Bonchev–Trinajstić information content (AvgIpc) is 2.85. The summed E-state index contributed by atoms with van der Waals surface area (Å²) in [6, 6.07) is 16.2. The number of carbonyl (C=O) groups excluding carboxylic acids is 2. The molecule has 3 aromatic rings. The minimum Gasteiger partial charge on any atom is -0.490 e. The summed E-state index contributed by atoms with van der Waals surface area (Å²) in [6.45, 7) is 5.37. The van der Waals surface area contributed by atoms with Gasteiger partial charge in [-0.3, -0.25) is 9.59 Å². The highest BCUT2D eigenvalue weighted by molar-refractivity contribution is 6.32. The Kier molecular flexibility index (Phi) is 9.25.